The molecule has 0 amide bonds. The highest BCUT2D eigenvalue weighted by molar-refractivity contribution is 5.99. The second-order valence-electron chi connectivity index (χ2n) is 8.60. The van der Waals surface area contributed by atoms with Gasteiger partial charge in [0.25, 0.3) is 0 Å². The van der Waals surface area contributed by atoms with Crippen LogP contribution in [0.5, 0.6) is 0 Å². The van der Waals surface area contributed by atoms with Crippen LogP contribution < -0.4 is 9.88 Å². The van der Waals surface area contributed by atoms with Crippen LogP contribution in [0.15, 0.2) is 41.6 Å². The number of fused-ring (bicyclic) bond motifs is 1. The average Bonchev–Trinajstić information content (AvgIpc) is 2.67. The SMILES string of the molecule is CC1(C)CC(=O)c2cc(N=O)c(N3CCC(c4ccccc4)CC3)[nH+]c2C1. The van der Waals surface area contributed by atoms with Crippen molar-refractivity contribution in [2.45, 2.75) is 45.4 Å². The third kappa shape index (κ3) is 3.51. The van der Waals surface area contributed by atoms with Crippen LogP contribution in [0.25, 0.3) is 0 Å². The minimum absolute atomic E-state index is 0.0612. The van der Waals surface area contributed by atoms with Crippen LogP contribution in [-0.4, -0.2) is 18.9 Å². The van der Waals surface area contributed by atoms with Crippen LogP contribution in [-0.2, 0) is 6.42 Å². The molecule has 0 atom stereocenters. The molecule has 1 aromatic carbocycles. The molecule has 0 unspecified atom stereocenters. The Labute approximate surface area is 159 Å². The monoisotopic (exact) mass is 364 g/mol. The summed E-state index contributed by atoms with van der Waals surface area (Å²) in [6.07, 6.45) is 3.39. The summed E-state index contributed by atoms with van der Waals surface area (Å²) in [5.41, 5.74) is 3.23. The molecule has 0 bridgehead atoms. The Morgan fingerprint density at radius 1 is 1.11 bits per heavy atom. The van der Waals surface area contributed by atoms with E-state index >= 15 is 0 Å². The molecule has 1 fully saturated rings. The summed E-state index contributed by atoms with van der Waals surface area (Å²) in [7, 11) is 0. The highest BCUT2D eigenvalue weighted by Crippen LogP contribution is 2.37. The van der Waals surface area contributed by atoms with Crippen molar-refractivity contribution < 1.29 is 9.78 Å². The summed E-state index contributed by atoms with van der Waals surface area (Å²) < 4.78 is 0. The van der Waals surface area contributed by atoms with E-state index in [0.717, 1.165) is 43.9 Å². The van der Waals surface area contributed by atoms with Crippen LogP contribution in [0.4, 0.5) is 11.5 Å². The lowest BCUT2D eigenvalue weighted by molar-refractivity contribution is -0.378. The average molecular weight is 364 g/mol. The summed E-state index contributed by atoms with van der Waals surface area (Å²) in [5.74, 6) is 1.41. The third-order valence-corrected chi connectivity index (χ3v) is 5.89. The van der Waals surface area contributed by atoms with Gasteiger partial charge in [-0.25, -0.2) is 4.98 Å². The summed E-state index contributed by atoms with van der Waals surface area (Å²) >= 11 is 0. The molecule has 1 N–H and O–H groups in total. The van der Waals surface area contributed by atoms with Crippen LogP contribution in [0.3, 0.4) is 0 Å². The molecule has 2 aromatic rings. The zero-order valence-electron chi connectivity index (χ0n) is 16.0. The van der Waals surface area contributed by atoms with Gasteiger partial charge >= 0.3 is 5.82 Å². The Balaban J connectivity index is 1.59. The number of hydrogen-bond acceptors (Lipinski definition) is 4. The van der Waals surface area contributed by atoms with Gasteiger partial charge in [-0.05, 0) is 41.0 Å². The van der Waals surface area contributed by atoms with E-state index < -0.39 is 0 Å². The predicted octanol–water partition coefficient (Wildman–Crippen LogP) is 4.44. The molecule has 0 spiro atoms. The fourth-order valence-corrected chi connectivity index (χ4v) is 4.50. The Morgan fingerprint density at radius 3 is 2.48 bits per heavy atom. The summed E-state index contributed by atoms with van der Waals surface area (Å²) in [6, 6.07) is 12.3. The molecule has 5 nitrogen and oxygen atoms in total. The highest BCUT2D eigenvalue weighted by Gasteiger charge is 2.36. The van der Waals surface area contributed by atoms with Gasteiger partial charge in [-0.2, -0.15) is 0 Å². The molecule has 27 heavy (non-hydrogen) atoms. The van der Waals surface area contributed by atoms with E-state index in [1.165, 1.54) is 5.56 Å². The fourth-order valence-electron chi connectivity index (χ4n) is 4.50. The molecule has 5 heteroatoms. The molecule has 1 aliphatic heterocycles. The number of piperidine rings is 1. The van der Waals surface area contributed by atoms with Gasteiger partial charge < -0.3 is 0 Å². The van der Waals surface area contributed by atoms with Gasteiger partial charge in [0.2, 0.25) is 0 Å². The van der Waals surface area contributed by atoms with Crippen molar-refractivity contribution in [3.8, 4) is 0 Å². The minimum atomic E-state index is -0.0612. The number of benzene rings is 1. The van der Waals surface area contributed by atoms with E-state index in [1.54, 1.807) is 6.07 Å². The van der Waals surface area contributed by atoms with Crippen molar-refractivity contribution in [2.24, 2.45) is 10.6 Å². The van der Waals surface area contributed by atoms with Gasteiger partial charge in [0.1, 0.15) is 5.69 Å². The molecule has 0 radical (unpaired) electrons. The molecule has 2 heterocycles. The maximum absolute atomic E-state index is 12.5. The molecule has 2 aliphatic rings. The van der Waals surface area contributed by atoms with Gasteiger partial charge in [-0.15, -0.1) is 4.91 Å². The van der Waals surface area contributed by atoms with Crippen molar-refractivity contribution in [3.05, 3.63) is 58.1 Å². The van der Waals surface area contributed by atoms with E-state index in [9.17, 15) is 9.70 Å². The maximum Gasteiger partial charge on any atom is 0.304 e. The Bertz CT molecular complexity index is 869. The van der Waals surface area contributed by atoms with E-state index in [2.05, 4.69) is 53.2 Å². The first-order valence-corrected chi connectivity index (χ1v) is 9.72. The number of nitroso groups, excluding NO2 is 1. The molecule has 1 aromatic heterocycles. The van der Waals surface area contributed by atoms with Crippen molar-refractivity contribution >= 4 is 17.3 Å². The molecule has 1 aliphatic carbocycles. The number of aromatic amines is 1. The zero-order valence-corrected chi connectivity index (χ0v) is 16.0. The lowest BCUT2D eigenvalue weighted by Crippen LogP contribution is -2.40. The minimum Gasteiger partial charge on any atom is -0.294 e. The number of hydrogen-bond donors (Lipinski definition) is 0. The molecule has 140 valence electrons. The number of aromatic nitrogens is 1. The predicted molar refractivity (Wildman–Crippen MR) is 106 cm³/mol. The van der Waals surface area contributed by atoms with Gasteiger partial charge in [0.05, 0.1) is 18.7 Å². The topological polar surface area (TPSA) is 63.9 Å². The molecule has 0 saturated carbocycles. The number of Topliss-reactive ketones (excluding diaryl/α,β-unsaturated/α-hetero) is 1. The Morgan fingerprint density at radius 2 is 1.81 bits per heavy atom. The van der Waals surface area contributed by atoms with Gasteiger partial charge in [0, 0.05) is 12.8 Å². The number of anilines is 1. The first-order chi connectivity index (χ1) is 13.0. The van der Waals surface area contributed by atoms with E-state index in [0.29, 0.717) is 23.6 Å². The van der Waals surface area contributed by atoms with Crippen molar-refractivity contribution in [3.63, 3.8) is 0 Å². The fraction of sp³-hybridized carbons (Fsp3) is 0.455. The Kier molecular flexibility index (Phi) is 4.54. The van der Waals surface area contributed by atoms with E-state index in [-0.39, 0.29) is 11.2 Å². The molecular weight excluding hydrogens is 338 g/mol. The smallest absolute Gasteiger partial charge is 0.294 e. The lowest BCUT2D eigenvalue weighted by Gasteiger charge is -2.31. The molecular formula is C22H26N3O2+. The lowest BCUT2D eigenvalue weighted by atomic mass is 9.75. The number of rotatable bonds is 3. The van der Waals surface area contributed by atoms with Crippen LogP contribution >= 0.6 is 0 Å². The number of ketones is 1. The van der Waals surface area contributed by atoms with Crippen LogP contribution in [0.1, 0.15) is 60.6 Å². The number of carbonyl (C=O) groups excluding carboxylic acids is 1. The summed E-state index contributed by atoms with van der Waals surface area (Å²) in [4.78, 5) is 29.6. The van der Waals surface area contributed by atoms with E-state index in [4.69, 9.17) is 0 Å². The van der Waals surface area contributed by atoms with Crippen molar-refractivity contribution in [1.82, 2.24) is 0 Å². The van der Waals surface area contributed by atoms with Crippen LogP contribution in [0, 0.1) is 10.3 Å². The highest BCUT2D eigenvalue weighted by atomic mass is 16.3. The van der Waals surface area contributed by atoms with Crippen molar-refractivity contribution in [1.29, 1.82) is 0 Å². The van der Waals surface area contributed by atoms with E-state index in [1.807, 2.05) is 6.07 Å². The van der Waals surface area contributed by atoms with Crippen LogP contribution in [0.2, 0.25) is 0 Å². The summed E-state index contributed by atoms with van der Waals surface area (Å²) in [5, 5.41) is 3.23. The second-order valence-corrected chi connectivity index (χ2v) is 8.60. The number of carbonyl (C=O) groups is 1. The van der Waals surface area contributed by atoms with Crippen molar-refractivity contribution in [2.75, 3.05) is 18.0 Å². The first kappa shape index (κ1) is 17.8. The normalized spacial score (nSPS) is 19.6. The standard InChI is InChI=1S/C22H25N3O2/c1-22(2)13-19-17(20(26)14-22)12-18(24-27)21(23-19)25-10-8-16(9-11-25)15-6-4-3-5-7-15/h3-7,12,16H,8-11,13-14H2,1-2H3/p+1. The maximum atomic E-state index is 12.5. The van der Waals surface area contributed by atoms with Gasteiger partial charge in [0.15, 0.2) is 11.5 Å². The summed E-state index contributed by atoms with van der Waals surface area (Å²) in [6.45, 7) is 5.96. The first-order valence-electron chi connectivity index (χ1n) is 9.72. The molecule has 4 rings (SSSR count). The largest absolute Gasteiger partial charge is 0.304 e. The molecule has 1 saturated heterocycles. The number of H-pyrrole nitrogens is 1. The third-order valence-electron chi connectivity index (χ3n) is 5.89. The number of nitrogens with zero attached hydrogens (tertiary/aromatic N) is 2. The second kappa shape index (κ2) is 6.87. The quantitative estimate of drug-likeness (QED) is 0.757. The van der Waals surface area contributed by atoms with Gasteiger partial charge in [-0.1, -0.05) is 44.2 Å². The number of nitrogens with one attached hydrogen (secondary N) is 1. The zero-order chi connectivity index (χ0) is 19.0. The Hall–Kier alpha value is -2.56. The van der Waals surface area contributed by atoms with Gasteiger partial charge in [-0.3, -0.25) is 9.69 Å². The number of pyridine rings is 1.